The first-order valence-electron chi connectivity index (χ1n) is 13.5. The monoisotopic (exact) mass is 567 g/mol. The number of aromatic amines is 1. The number of nitrogens with one attached hydrogen (secondary N) is 2. The number of anilines is 1. The minimum absolute atomic E-state index is 0.164. The van der Waals surface area contributed by atoms with Gasteiger partial charge in [0.2, 0.25) is 0 Å². The number of methoxy groups -OCH3 is 3. The Morgan fingerprint density at radius 1 is 0.810 bits per heavy atom. The highest BCUT2D eigenvalue weighted by molar-refractivity contribution is 6.13. The third kappa shape index (κ3) is 6.01. The van der Waals surface area contributed by atoms with Gasteiger partial charge in [0.05, 0.1) is 37.9 Å². The summed E-state index contributed by atoms with van der Waals surface area (Å²) in [5.41, 5.74) is 2.91. The fraction of sp³-hybridized carbons (Fsp3) is 0.212. The van der Waals surface area contributed by atoms with Crippen molar-refractivity contribution in [2.24, 2.45) is 0 Å². The van der Waals surface area contributed by atoms with Crippen molar-refractivity contribution in [2.45, 2.75) is 6.54 Å². The summed E-state index contributed by atoms with van der Waals surface area (Å²) in [4.78, 5) is 31.8. The number of ether oxygens (including phenoxy) is 4. The van der Waals surface area contributed by atoms with Crippen LogP contribution in [-0.2, 0) is 6.54 Å². The topological polar surface area (TPSA) is 102 Å². The first kappa shape index (κ1) is 28.5. The molecule has 0 unspecified atom stereocenters. The molecule has 1 heterocycles. The second-order valence-corrected chi connectivity index (χ2v) is 9.82. The number of likely N-dealkylation sites (N-methyl/N-ethyl adjacent to an activating group) is 1. The Balaban J connectivity index is 1.21. The Labute approximate surface area is 243 Å². The standard InChI is InChI=1S/C33H33N3O6/c1-36(20-21-11-16-27(39-2)29(19-21)41-4)17-18-42-23-14-12-22(13-15-23)34-33(38)26-9-5-7-24-30(26)35-31-25(32(24)37)8-6-10-28(31)40-3/h5-16,19H,17-18,20H2,1-4H3,(H,34,38)(H,35,37). The van der Waals surface area contributed by atoms with Crippen LogP contribution < -0.4 is 29.7 Å². The number of aromatic nitrogens is 1. The van der Waals surface area contributed by atoms with E-state index in [4.69, 9.17) is 18.9 Å². The molecule has 0 aliphatic heterocycles. The summed E-state index contributed by atoms with van der Waals surface area (Å²) in [6, 6.07) is 23.5. The van der Waals surface area contributed by atoms with Gasteiger partial charge in [0.15, 0.2) is 16.9 Å². The number of hydrogen-bond acceptors (Lipinski definition) is 7. The molecule has 0 bridgehead atoms. The van der Waals surface area contributed by atoms with Gasteiger partial charge in [-0.3, -0.25) is 14.5 Å². The summed E-state index contributed by atoms with van der Waals surface area (Å²) >= 11 is 0. The second kappa shape index (κ2) is 12.7. The van der Waals surface area contributed by atoms with Gasteiger partial charge in [-0.25, -0.2) is 0 Å². The highest BCUT2D eigenvalue weighted by Crippen LogP contribution is 2.28. The first-order valence-corrected chi connectivity index (χ1v) is 13.5. The van der Waals surface area contributed by atoms with Gasteiger partial charge in [-0.15, -0.1) is 0 Å². The van der Waals surface area contributed by atoms with E-state index < -0.39 is 0 Å². The van der Waals surface area contributed by atoms with E-state index in [0.717, 1.165) is 12.1 Å². The molecule has 5 aromatic rings. The number of carbonyl (C=O) groups is 1. The van der Waals surface area contributed by atoms with E-state index in [1.54, 1.807) is 69.9 Å². The number of fused-ring (bicyclic) bond motifs is 2. The number of para-hydroxylation sites is 2. The summed E-state index contributed by atoms with van der Waals surface area (Å²) in [5, 5.41) is 3.85. The van der Waals surface area contributed by atoms with Gasteiger partial charge >= 0.3 is 0 Å². The average molecular weight is 568 g/mol. The zero-order valence-electron chi connectivity index (χ0n) is 24.0. The van der Waals surface area contributed by atoms with Gasteiger partial charge in [-0.05, 0) is 73.3 Å². The number of pyridine rings is 1. The van der Waals surface area contributed by atoms with Crippen molar-refractivity contribution in [3.8, 4) is 23.0 Å². The molecule has 0 saturated carbocycles. The maximum absolute atomic E-state index is 13.3. The molecule has 42 heavy (non-hydrogen) atoms. The van der Waals surface area contributed by atoms with E-state index in [2.05, 4.69) is 15.2 Å². The molecule has 1 amide bonds. The molecule has 0 atom stereocenters. The molecular formula is C33H33N3O6. The molecule has 0 fully saturated rings. The minimum Gasteiger partial charge on any atom is -0.495 e. The zero-order chi connectivity index (χ0) is 29.6. The fourth-order valence-electron chi connectivity index (χ4n) is 4.88. The van der Waals surface area contributed by atoms with Gasteiger partial charge < -0.3 is 29.2 Å². The quantitative estimate of drug-likeness (QED) is 0.204. The van der Waals surface area contributed by atoms with Crippen molar-refractivity contribution in [3.05, 3.63) is 100 Å². The predicted molar refractivity (Wildman–Crippen MR) is 164 cm³/mol. The van der Waals surface area contributed by atoms with Crippen molar-refractivity contribution < 1.29 is 23.7 Å². The number of benzene rings is 4. The van der Waals surface area contributed by atoms with Crippen LogP contribution in [0, 0.1) is 0 Å². The molecule has 2 N–H and O–H groups in total. The maximum Gasteiger partial charge on any atom is 0.257 e. The molecule has 9 nitrogen and oxygen atoms in total. The molecule has 0 radical (unpaired) electrons. The third-order valence-corrected chi connectivity index (χ3v) is 7.05. The van der Waals surface area contributed by atoms with Crippen LogP contribution in [0.5, 0.6) is 23.0 Å². The van der Waals surface area contributed by atoms with Crippen LogP contribution >= 0.6 is 0 Å². The van der Waals surface area contributed by atoms with E-state index in [0.29, 0.717) is 69.2 Å². The lowest BCUT2D eigenvalue weighted by Crippen LogP contribution is -2.23. The van der Waals surface area contributed by atoms with E-state index >= 15 is 0 Å². The summed E-state index contributed by atoms with van der Waals surface area (Å²) in [5.74, 6) is 2.29. The van der Waals surface area contributed by atoms with Crippen LogP contribution in [0.4, 0.5) is 5.69 Å². The van der Waals surface area contributed by atoms with Gasteiger partial charge in [-0.2, -0.15) is 0 Å². The molecule has 0 saturated heterocycles. The fourth-order valence-corrected chi connectivity index (χ4v) is 4.88. The molecule has 9 heteroatoms. The van der Waals surface area contributed by atoms with Crippen LogP contribution in [0.3, 0.4) is 0 Å². The smallest absolute Gasteiger partial charge is 0.257 e. The molecule has 0 aliphatic rings. The van der Waals surface area contributed by atoms with Gasteiger partial charge in [0, 0.05) is 29.5 Å². The van der Waals surface area contributed by atoms with Crippen LogP contribution in [-0.4, -0.2) is 57.3 Å². The summed E-state index contributed by atoms with van der Waals surface area (Å²) < 4.78 is 22.0. The zero-order valence-corrected chi connectivity index (χ0v) is 24.0. The number of carbonyl (C=O) groups excluding carboxylic acids is 1. The van der Waals surface area contributed by atoms with Crippen molar-refractivity contribution >= 4 is 33.4 Å². The Morgan fingerprint density at radius 3 is 2.21 bits per heavy atom. The highest BCUT2D eigenvalue weighted by atomic mass is 16.5. The summed E-state index contributed by atoms with van der Waals surface area (Å²) in [6.07, 6.45) is 0. The Bertz CT molecular complexity index is 1780. The highest BCUT2D eigenvalue weighted by Gasteiger charge is 2.16. The molecule has 216 valence electrons. The summed E-state index contributed by atoms with van der Waals surface area (Å²) in [6.45, 7) is 1.94. The number of rotatable bonds is 11. The van der Waals surface area contributed by atoms with E-state index in [1.807, 2.05) is 37.4 Å². The van der Waals surface area contributed by atoms with E-state index in [-0.39, 0.29) is 11.3 Å². The number of nitrogens with zero attached hydrogens (tertiary/aromatic N) is 1. The molecule has 0 aliphatic carbocycles. The van der Waals surface area contributed by atoms with Gasteiger partial charge in [-0.1, -0.05) is 18.2 Å². The molecule has 4 aromatic carbocycles. The van der Waals surface area contributed by atoms with Crippen LogP contribution in [0.15, 0.2) is 83.7 Å². The lowest BCUT2D eigenvalue weighted by molar-refractivity contribution is 0.102. The van der Waals surface area contributed by atoms with Gasteiger partial charge in [0.25, 0.3) is 5.91 Å². The average Bonchev–Trinajstić information content (AvgIpc) is 3.01. The minimum atomic E-state index is -0.337. The largest absolute Gasteiger partial charge is 0.495 e. The van der Waals surface area contributed by atoms with Crippen molar-refractivity contribution in [1.29, 1.82) is 0 Å². The van der Waals surface area contributed by atoms with Gasteiger partial charge in [0.1, 0.15) is 18.1 Å². The summed E-state index contributed by atoms with van der Waals surface area (Å²) in [7, 11) is 6.82. The van der Waals surface area contributed by atoms with Crippen LogP contribution in [0.1, 0.15) is 15.9 Å². The van der Waals surface area contributed by atoms with E-state index in [9.17, 15) is 9.59 Å². The van der Waals surface area contributed by atoms with E-state index in [1.165, 1.54) is 0 Å². The Kier molecular flexibility index (Phi) is 8.59. The maximum atomic E-state index is 13.3. The SMILES string of the molecule is COc1ccc(CN(C)CCOc2ccc(NC(=O)c3cccc4c(=O)c5cccc(OC)c5[nH]c34)cc2)cc1OC. The third-order valence-electron chi connectivity index (χ3n) is 7.05. The van der Waals surface area contributed by atoms with Crippen LogP contribution in [0.25, 0.3) is 21.8 Å². The van der Waals surface area contributed by atoms with Crippen molar-refractivity contribution in [3.63, 3.8) is 0 Å². The lowest BCUT2D eigenvalue weighted by atomic mass is 10.1. The normalized spacial score (nSPS) is 11.1. The molecule has 0 spiro atoms. The van der Waals surface area contributed by atoms with Crippen molar-refractivity contribution in [2.75, 3.05) is 46.8 Å². The Morgan fingerprint density at radius 2 is 1.50 bits per heavy atom. The van der Waals surface area contributed by atoms with Crippen molar-refractivity contribution in [1.82, 2.24) is 9.88 Å². The molecule has 5 rings (SSSR count). The number of amides is 1. The molecular weight excluding hydrogens is 534 g/mol. The first-order chi connectivity index (χ1) is 20.4. The lowest BCUT2D eigenvalue weighted by Gasteiger charge is -2.18. The Hall–Kier alpha value is -5.02. The number of hydrogen-bond donors (Lipinski definition) is 2. The second-order valence-electron chi connectivity index (χ2n) is 9.82. The number of H-pyrrole nitrogens is 1. The predicted octanol–water partition coefficient (Wildman–Crippen LogP) is 5.47. The van der Waals surface area contributed by atoms with Crippen LogP contribution in [0.2, 0.25) is 0 Å². The molecule has 1 aromatic heterocycles.